The van der Waals surface area contributed by atoms with Gasteiger partial charge in [0.25, 0.3) is 0 Å². The van der Waals surface area contributed by atoms with Gasteiger partial charge < -0.3 is 21.1 Å². The number of nitrogens with zero attached hydrogens (tertiary/aromatic N) is 2. The smallest absolute Gasteiger partial charge is 0.151 e. The second-order valence-electron chi connectivity index (χ2n) is 6.28. The van der Waals surface area contributed by atoms with Crippen molar-refractivity contribution in [2.24, 2.45) is 5.92 Å². The SMILES string of the molecule is CCCCCC[C@@H](CNCc1c[nH]c2c(N)ncnc12)[C@@H](C)O. The van der Waals surface area contributed by atoms with Gasteiger partial charge >= 0.3 is 0 Å². The maximum atomic E-state index is 9.95. The molecule has 128 valence electrons. The van der Waals surface area contributed by atoms with Crippen molar-refractivity contribution in [1.82, 2.24) is 20.3 Å². The summed E-state index contributed by atoms with van der Waals surface area (Å²) >= 11 is 0. The molecule has 6 nitrogen and oxygen atoms in total. The number of aromatic nitrogens is 3. The van der Waals surface area contributed by atoms with Crippen molar-refractivity contribution < 1.29 is 5.11 Å². The number of unbranched alkanes of at least 4 members (excludes halogenated alkanes) is 3. The largest absolute Gasteiger partial charge is 0.393 e. The van der Waals surface area contributed by atoms with E-state index in [-0.39, 0.29) is 12.0 Å². The van der Waals surface area contributed by atoms with Crippen LogP contribution in [0.4, 0.5) is 5.82 Å². The van der Waals surface area contributed by atoms with E-state index in [1.165, 1.54) is 32.0 Å². The van der Waals surface area contributed by atoms with E-state index in [9.17, 15) is 5.11 Å². The first-order valence-electron chi connectivity index (χ1n) is 8.58. The Balaban J connectivity index is 1.85. The number of rotatable bonds is 10. The average molecular weight is 319 g/mol. The fourth-order valence-electron chi connectivity index (χ4n) is 2.89. The first kappa shape index (κ1) is 17.7. The lowest BCUT2D eigenvalue weighted by Crippen LogP contribution is -2.29. The molecule has 0 fully saturated rings. The van der Waals surface area contributed by atoms with E-state index in [2.05, 4.69) is 27.2 Å². The minimum atomic E-state index is -0.287. The van der Waals surface area contributed by atoms with Crippen LogP contribution in [-0.4, -0.2) is 32.7 Å². The van der Waals surface area contributed by atoms with E-state index < -0.39 is 0 Å². The summed E-state index contributed by atoms with van der Waals surface area (Å²) in [5.74, 6) is 0.760. The highest BCUT2D eigenvalue weighted by atomic mass is 16.3. The summed E-state index contributed by atoms with van der Waals surface area (Å²) in [6.45, 7) is 5.60. The zero-order chi connectivity index (χ0) is 16.7. The second-order valence-corrected chi connectivity index (χ2v) is 6.28. The Morgan fingerprint density at radius 3 is 2.87 bits per heavy atom. The summed E-state index contributed by atoms with van der Waals surface area (Å²) in [5, 5.41) is 13.4. The van der Waals surface area contributed by atoms with E-state index in [1.807, 2.05) is 13.1 Å². The van der Waals surface area contributed by atoms with Crippen LogP contribution in [0.15, 0.2) is 12.5 Å². The fourth-order valence-corrected chi connectivity index (χ4v) is 2.89. The van der Waals surface area contributed by atoms with Crippen molar-refractivity contribution in [2.45, 2.75) is 58.6 Å². The summed E-state index contributed by atoms with van der Waals surface area (Å²) in [7, 11) is 0. The molecule has 0 saturated heterocycles. The van der Waals surface area contributed by atoms with E-state index >= 15 is 0 Å². The molecular formula is C17H29N5O. The first-order valence-corrected chi connectivity index (χ1v) is 8.58. The number of H-pyrrole nitrogens is 1. The van der Waals surface area contributed by atoms with Gasteiger partial charge in [-0.15, -0.1) is 0 Å². The van der Waals surface area contributed by atoms with Crippen LogP contribution in [0.25, 0.3) is 11.0 Å². The van der Waals surface area contributed by atoms with Crippen LogP contribution in [0.3, 0.4) is 0 Å². The molecule has 0 aliphatic rings. The maximum absolute atomic E-state index is 9.95. The Morgan fingerprint density at radius 2 is 2.13 bits per heavy atom. The number of aliphatic hydroxyl groups is 1. The average Bonchev–Trinajstić information content (AvgIpc) is 2.94. The molecule has 0 amide bonds. The Kier molecular flexibility index (Phi) is 6.80. The summed E-state index contributed by atoms with van der Waals surface area (Å²) in [6.07, 6.45) is 9.13. The molecule has 23 heavy (non-hydrogen) atoms. The van der Waals surface area contributed by atoms with Crippen molar-refractivity contribution >= 4 is 16.9 Å². The van der Waals surface area contributed by atoms with Gasteiger partial charge in [0.15, 0.2) is 5.82 Å². The van der Waals surface area contributed by atoms with Crippen LogP contribution in [0.2, 0.25) is 0 Å². The molecule has 0 aromatic carbocycles. The highest BCUT2D eigenvalue weighted by Crippen LogP contribution is 2.19. The molecule has 0 bridgehead atoms. The van der Waals surface area contributed by atoms with Gasteiger partial charge in [-0.2, -0.15) is 0 Å². The molecule has 5 N–H and O–H groups in total. The number of nitrogen functional groups attached to an aromatic ring is 1. The summed E-state index contributed by atoms with van der Waals surface area (Å²) in [6, 6.07) is 0. The van der Waals surface area contributed by atoms with Gasteiger partial charge in [0.2, 0.25) is 0 Å². The van der Waals surface area contributed by atoms with Gasteiger partial charge in [-0.25, -0.2) is 9.97 Å². The molecule has 2 atom stereocenters. The molecule has 2 rings (SSSR count). The Labute approximate surface area is 137 Å². The number of nitrogens with two attached hydrogens (primary N) is 1. The number of nitrogens with one attached hydrogen (secondary N) is 2. The van der Waals surface area contributed by atoms with Gasteiger partial charge in [-0.05, 0) is 19.3 Å². The molecule has 0 spiro atoms. The third-order valence-electron chi connectivity index (χ3n) is 4.40. The topological polar surface area (TPSA) is 99.9 Å². The quantitative estimate of drug-likeness (QED) is 0.504. The summed E-state index contributed by atoms with van der Waals surface area (Å²) in [4.78, 5) is 11.4. The summed E-state index contributed by atoms with van der Waals surface area (Å²) in [5.41, 5.74) is 8.55. The molecule has 6 heteroatoms. The fraction of sp³-hybridized carbons (Fsp3) is 0.647. The Bertz CT molecular complexity index is 596. The van der Waals surface area contributed by atoms with Crippen molar-refractivity contribution in [3.05, 3.63) is 18.1 Å². The normalized spacial score (nSPS) is 14.2. The van der Waals surface area contributed by atoms with Crippen LogP contribution >= 0.6 is 0 Å². The number of anilines is 1. The zero-order valence-corrected chi connectivity index (χ0v) is 14.2. The van der Waals surface area contributed by atoms with Crippen LogP contribution < -0.4 is 11.1 Å². The van der Waals surface area contributed by atoms with Crippen molar-refractivity contribution in [1.29, 1.82) is 0 Å². The Morgan fingerprint density at radius 1 is 1.30 bits per heavy atom. The van der Waals surface area contributed by atoms with Gasteiger partial charge in [0.05, 0.1) is 11.6 Å². The monoisotopic (exact) mass is 319 g/mol. The summed E-state index contributed by atoms with van der Waals surface area (Å²) < 4.78 is 0. The lowest BCUT2D eigenvalue weighted by molar-refractivity contribution is 0.117. The maximum Gasteiger partial charge on any atom is 0.151 e. The van der Waals surface area contributed by atoms with Crippen LogP contribution in [0.5, 0.6) is 0 Å². The number of hydrogen-bond acceptors (Lipinski definition) is 5. The number of aromatic amines is 1. The minimum Gasteiger partial charge on any atom is -0.393 e. The van der Waals surface area contributed by atoms with Crippen LogP contribution in [-0.2, 0) is 6.54 Å². The van der Waals surface area contributed by atoms with Gasteiger partial charge in [-0.1, -0.05) is 32.6 Å². The second kappa shape index (κ2) is 8.84. The molecule has 0 unspecified atom stereocenters. The van der Waals surface area contributed by atoms with E-state index in [4.69, 9.17) is 5.73 Å². The molecule has 2 aromatic rings. The van der Waals surface area contributed by atoms with Crippen molar-refractivity contribution in [3.63, 3.8) is 0 Å². The highest BCUT2D eigenvalue weighted by molar-refractivity contribution is 5.86. The van der Waals surface area contributed by atoms with Gasteiger partial charge in [-0.3, -0.25) is 0 Å². The minimum absolute atomic E-state index is 0.287. The molecular weight excluding hydrogens is 290 g/mol. The van der Waals surface area contributed by atoms with E-state index in [0.29, 0.717) is 12.4 Å². The number of hydrogen-bond donors (Lipinski definition) is 4. The van der Waals surface area contributed by atoms with Gasteiger partial charge in [0.1, 0.15) is 11.8 Å². The predicted octanol–water partition coefficient (Wildman–Crippen LogP) is 2.60. The van der Waals surface area contributed by atoms with Crippen molar-refractivity contribution in [2.75, 3.05) is 12.3 Å². The van der Waals surface area contributed by atoms with E-state index in [0.717, 1.165) is 29.6 Å². The number of fused-ring (bicyclic) bond motifs is 1. The standard InChI is InChI=1S/C17H29N5O/c1-3-4-5-6-7-13(12(2)23)8-19-9-14-10-20-16-15(14)21-11-22-17(16)18/h10-13,19-20,23H,3-9H2,1-2H3,(H2,18,21,22)/t12-,13+/m1/s1. The lowest BCUT2D eigenvalue weighted by Gasteiger charge is -2.20. The molecule has 2 aromatic heterocycles. The first-order chi connectivity index (χ1) is 11.1. The third-order valence-corrected chi connectivity index (χ3v) is 4.40. The van der Waals surface area contributed by atoms with Gasteiger partial charge in [0, 0.05) is 24.8 Å². The molecule has 0 aliphatic heterocycles. The molecule has 0 saturated carbocycles. The molecule has 0 radical (unpaired) electrons. The van der Waals surface area contributed by atoms with E-state index in [1.54, 1.807) is 0 Å². The van der Waals surface area contributed by atoms with Crippen LogP contribution in [0.1, 0.15) is 51.5 Å². The van der Waals surface area contributed by atoms with Crippen molar-refractivity contribution in [3.8, 4) is 0 Å². The lowest BCUT2D eigenvalue weighted by atomic mass is 9.96. The number of aliphatic hydroxyl groups excluding tert-OH is 1. The zero-order valence-electron chi connectivity index (χ0n) is 14.2. The molecule has 0 aliphatic carbocycles. The predicted molar refractivity (Wildman–Crippen MR) is 93.9 cm³/mol. The van der Waals surface area contributed by atoms with Crippen LogP contribution in [0, 0.1) is 5.92 Å². The third kappa shape index (κ3) is 4.91. The highest BCUT2D eigenvalue weighted by Gasteiger charge is 2.15. The molecule has 2 heterocycles. The Hall–Kier alpha value is -1.66.